The van der Waals surface area contributed by atoms with E-state index in [1.165, 1.54) is 18.2 Å². The Kier molecular flexibility index (Phi) is 4.07. The molecule has 0 spiro atoms. The van der Waals surface area contributed by atoms with Crippen LogP contribution in [0, 0.1) is 10.1 Å². The standard InChI is InChI=1S/C11H13ClN2O3/c1-11(2,6-13-7-15)9-5-8(14(16)17)3-4-10(9)12/h3-5,7H,6H2,1-2H3,(H,13,15). The van der Waals surface area contributed by atoms with Crippen LogP contribution in [0.1, 0.15) is 19.4 Å². The topological polar surface area (TPSA) is 72.2 Å². The first-order valence-electron chi connectivity index (χ1n) is 5.00. The summed E-state index contributed by atoms with van der Waals surface area (Å²) in [5.41, 5.74) is 0.163. The first-order chi connectivity index (χ1) is 7.88. The molecule has 0 saturated carbocycles. The van der Waals surface area contributed by atoms with Crippen LogP contribution < -0.4 is 5.32 Å². The third-order valence-electron chi connectivity index (χ3n) is 2.52. The van der Waals surface area contributed by atoms with Crippen molar-refractivity contribution >= 4 is 23.7 Å². The van der Waals surface area contributed by atoms with Gasteiger partial charge in [0.25, 0.3) is 5.69 Å². The molecule has 0 atom stereocenters. The van der Waals surface area contributed by atoms with Gasteiger partial charge in [0.05, 0.1) is 4.92 Å². The van der Waals surface area contributed by atoms with Crippen LogP contribution in [0.5, 0.6) is 0 Å². The lowest BCUT2D eigenvalue weighted by molar-refractivity contribution is -0.385. The Labute approximate surface area is 104 Å². The zero-order valence-corrected chi connectivity index (χ0v) is 10.3. The number of nitrogens with zero attached hydrogens (tertiary/aromatic N) is 1. The molecule has 0 unspecified atom stereocenters. The van der Waals surface area contributed by atoms with Crippen LogP contribution in [0.15, 0.2) is 18.2 Å². The zero-order chi connectivity index (χ0) is 13.1. The molecule has 1 amide bonds. The molecule has 0 fully saturated rings. The molecule has 0 heterocycles. The average molecular weight is 257 g/mol. The van der Waals surface area contributed by atoms with E-state index in [1.54, 1.807) is 0 Å². The summed E-state index contributed by atoms with van der Waals surface area (Å²) < 4.78 is 0. The molecule has 92 valence electrons. The van der Waals surface area contributed by atoms with Crippen LogP contribution in [-0.4, -0.2) is 17.9 Å². The van der Waals surface area contributed by atoms with E-state index in [1.807, 2.05) is 13.8 Å². The Balaban J connectivity index is 3.14. The van der Waals surface area contributed by atoms with Crippen LogP contribution in [0.2, 0.25) is 5.02 Å². The summed E-state index contributed by atoms with van der Waals surface area (Å²) >= 11 is 6.03. The zero-order valence-electron chi connectivity index (χ0n) is 9.57. The van der Waals surface area contributed by atoms with Crippen molar-refractivity contribution in [2.75, 3.05) is 6.54 Å². The summed E-state index contributed by atoms with van der Waals surface area (Å²) in [5.74, 6) is 0. The van der Waals surface area contributed by atoms with Crippen LogP contribution in [-0.2, 0) is 10.2 Å². The molecule has 0 aliphatic rings. The number of hydrogen-bond donors (Lipinski definition) is 1. The Morgan fingerprint density at radius 3 is 2.71 bits per heavy atom. The van der Waals surface area contributed by atoms with E-state index < -0.39 is 10.3 Å². The van der Waals surface area contributed by atoms with Crippen molar-refractivity contribution in [3.63, 3.8) is 0 Å². The lowest BCUT2D eigenvalue weighted by atomic mass is 9.84. The molecular formula is C11H13ClN2O3. The van der Waals surface area contributed by atoms with Gasteiger partial charge in [-0.25, -0.2) is 0 Å². The second kappa shape index (κ2) is 5.14. The minimum atomic E-state index is -0.469. The van der Waals surface area contributed by atoms with Crippen molar-refractivity contribution < 1.29 is 9.72 Å². The first kappa shape index (κ1) is 13.4. The number of benzene rings is 1. The summed E-state index contributed by atoms with van der Waals surface area (Å²) in [5, 5.41) is 13.7. The monoisotopic (exact) mass is 256 g/mol. The summed E-state index contributed by atoms with van der Waals surface area (Å²) in [6.07, 6.45) is 0.590. The van der Waals surface area contributed by atoms with E-state index in [9.17, 15) is 14.9 Å². The van der Waals surface area contributed by atoms with Crippen LogP contribution >= 0.6 is 11.6 Å². The second-order valence-corrected chi connectivity index (χ2v) is 4.71. The van der Waals surface area contributed by atoms with Gasteiger partial charge in [0, 0.05) is 29.1 Å². The minimum absolute atomic E-state index is 0.0106. The van der Waals surface area contributed by atoms with Crippen molar-refractivity contribution in [1.29, 1.82) is 0 Å². The molecule has 0 aliphatic heterocycles. The van der Waals surface area contributed by atoms with Gasteiger partial charge in [0.1, 0.15) is 0 Å². The molecule has 1 N–H and O–H groups in total. The van der Waals surface area contributed by atoms with Gasteiger partial charge in [-0.1, -0.05) is 25.4 Å². The predicted octanol–water partition coefficient (Wildman–Crippen LogP) is 2.27. The highest BCUT2D eigenvalue weighted by Crippen LogP contribution is 2.32. The number of carbonyl (C=O) groups is 1. The fraction of sp³-hybridized carbons (Fsp3) is 0.364. The normalized spacial score (nSPS) is 11.0. The second-order valence-electron chi connectivity index (χ2n) is 4.30. The molecule has 5 nitrogen and oxygen atoms in total. The minimum Gasteiger partial charge on any atom is -0.358 e. The Morgan fingerprint density at radius 2 is 2.18 bits per heavy atom. The van der Waals surface area contributed by atoms with E-state index in [0.29, 0.717) is 23.5 Å². The highest BCUT2D eigenvalue weighted by molar-refractivity contribution is 6.31. The van der Waals surface area contributed by atoms with Gasteiger partial charge in [0.2, 0.25) is 6.41 Å². The predicted molar refractivity (Wildman–Crippen MR) is 65.2 cm³/mol. The van der Waals surface area contributed by atoms with Crippen molar-refractivity contribution in [1.82, 2.24) is 5.32 Å². The van der Waals surface area contributed by atoms with E-state index in [0.717, 1.165) is 0 Å². The fourth-order valence-corrected chi connectivity index (χ4v) is 1.91. The molecule has 0 aliphatic carbocycles. The maximum atomic E-state index is 10.7. The molecule has 0 aromatic heterocycles. The number of carbonyl (C=O) groups excluding carboxylic acids is 1. The quantitative estimate of drug-likeness (QED) is 0.499. The van der Waals surface area contributed by atoms with Crippen molar-refractivity contribution in [3.8, 4) is 0 Å². The van der Waals surface area contributed by atoms with E-state index >= 15 is 0 Å². The number of nitro benzene ring substituents is 1. The molecule has 0 radical (unpaired) electrons. The summed E-state index contributed by atoms with van der Waals surface area (Å²) in [4.78, 5) is 20.5. The molecule has 0 bridgehead atoms. The number of nitrogens with one attached hydrogen (secondary N) is 1. The highest BCUT2D eigenvalue weighted by Gasteiger charge is 2.25. The number of amides is 1. The van der Waals surface area contributed by atoms with Crippen molar-refractivity contribution in [3.05, 3.63) is 38.9 Å². The maximum Gasteiger partial charge on any atom is 0.269 e. The summed E-state index contributed by atoms with van der Waals surface area (Å²) in [6.45, 7) is 4.07. The SMILES string of the molecule is CC(C)(CNC=O)c1cc([N+](=O)[O-])ccc1Cl. The van der Waals surface area contributed by atoms with E-state index in [-0.39, 0.29) is 5.69 Å². The van der Waals surface area contributed by atoms with Gasteiger partial charge in [0.15, 0.2) is 0 Å². The molecule has 1 aromatic rings. The van der Waals surface area contributed by atoms with Gasteiger partial charge in [-0.05, 0) is 11.6 Å². The highest BCUT2D eigenvalue weighted by atomic mass is 35.5. The fourth-order valence-electron chi connectivity index (χ4n) is 1.54. The Bertz CT molecular complexity index is 446. The number of nitro groups is 1. The molecule has 17 heavy (non-hydrogen) atoms. The Morgan fingerprint density at radius 1 is 1.53 bits per heavy atom. The molecule has 0 saturated heterocycles. The first-order valence-corrected chi connectivity index (χ1v) is 5.38. The van der Waals surface area contributed by atoms with Crippen LogP contribution in [0.3, 0.4) is 0 Å². The van der Waals surface area contributed by atoms with Crippen molar-refractivity contribution in [2.45, 2.75) is 19.3 Å². The van der Waals surface area contributed by atoms with Crippen LogP contribution in [0.25, 0.3) is 0 Å². The van der Waals surface area contributed by atoms with Gasteiger partial charge >= 0.3 is 0 Å². The molecule has 6 heteroatoms. The lowest BCUT2D eigenvalue weighted by Gasteiger charge is -2.25. The van der Waals surface area contributed by atoms with Gasteiger partial charge in [-0.3, -0.25) is 14.9 Å². The number of halogens is 1. The molecule has 1 aromatic carbocycles. The van der Waals surface area contributed by atoms with E-state index in [2.05, 4.69) is 5.32 Å². The smallest absolute Gasteiger partial charge is 0.269 e. The molecule has 1 rings (SSSR count). The number of rotatable bonds is 5. The van der Waals surface area contributed by atoms with E-state index in [4.69, 9.17) is 11.6 Å². The third-order valence-corrected chi connectivity index (χ3v) is 2.85. The number of non-ortho nitro benzene ring substituents is 1. The van der Waals surface area contributed by atoms with Crippen LogP contribution in [0.4, 0.5) is 5.69 Å². The average Bonchev–Trinajstić information content (AvgIpc) is 2.26. The summed E-state index contributed by atoms with van der Waals surface area (Å²) in [6, 6.07) is 4.29. The Hall–Kier alpha value is -1.62. The molecular weight excluding hydrogens is 244 g/mol. The third kappa shape index (κ3) is 3.17. The van der Waals surface area contributed by atoms with Crippen molar-refractivity contribution in [2.24, 2.45) is 0 Å². The van der Waals surface area contributed by atoms with Gasteiger partial charge in [-0.15, -0.1) is 0 Å². The lowest BCUT2D eigenvalue weighted by Crippen LogP contribution is -2.32. The largest absolute Gasteiger partial charge is 0.358 e. The number of hydrogen-bond acceptors (Lipinski definition) is 3. The van der Waals surface area contributed by atoms with Gasteiger partial charge < -0.3 is 5.32 Å². The summed E-state index contributed by atoms with van der Waals surface area (Å²) in [7, 11) is 0. The maximum absolute atomic E-state index is 10.7. The van der Waals surface area contributed by atoms with Gasteiger partial charge in [-0.2, -0.15) is 0 Å².